The van der Waals surface area contributed by atoms with Crippen LogP contribution in [0.2, 0.25) is 0 Å². The van der Waals surface area contributed by atoms with Crippen LogP contribution in [0.15, 0.2) is 85.7 Å². The average Bonchev–Trinajstić information content (AvgIpc) is 3.32. The highest BCUT2D eigenvalue weighted by Crippen LogP contribution is 2.32. The summed E-state index contributed by atoms with van der Waals surface area (Å²) >= 11 is 8.24. The molecule has 198 valence electrons. The number of anilines is 1. The first kappa shape index (κ1) is 28.6. The zero-order chi connectivity index (χ0) is 27.3. The Bertz CT molecular complexity index is 1550. The Hall–Kier alpha value is -2.44. The lowest BCUT2D eigenvalue weighted by Crippen LogP contribution is -2.32. The fourth-order valence-corrected chi connectivity index (χ4v) is 7.09. The van der Waals surface area contributed by atoms with Gasteiger partial charge >= 0.3 is 0 Å². The fourth-order valence-electron chi connectivity index (χ4n) is 3.73. The van der Waals surface area contributed by atoms with Crippen molar-refractivity contribution in [1.29, 1.82) is 0 Å². The summed E-state index contributed by atoms with van der Waals surface area (Å²) in [5, 5.41) is 6.15. The van der Waals surface area contributed by atoms with Gasteiger partial charge in [0.2, 0.25) is 15.2 Å². The molecule has 0 unspecified atom stereocenters. The predicted octanol–water partition coefficient (Wildman–Crippen LogP) is 7.31. The number of hydrazone groups is 1. The van der Waals surface area contributed by atoms with Crippen LogP contribution in [0.25, 0.3) is 10.2 Å². The lowest BCUT2D eigenvalue weighted by Gasteiger charge is -2.21. The van der Waals surface area contributed by atoms with Gasteiger partial charge in [-0.15, -0.1) is 0 Å². The van der Waals surface area contributed by atoms with E-state index in [1.165, 1.54) is 44.9 Å². The van der Waals surface area contributed by atoms with Crippen molar-refractivity contribution in [3.05, 3.63) is 86.8 Å². The normalized spacial score (nSPS) is 12.0. The van der Waals surface area contributed by atoms with E-state index in [1.54, 1.807) is 6.21 Å². The number of carbonyl (C=O) groups is 1. The van der Waals surface area contributed by atoms with Gasteiger partial charge < -0.3 is 0 Å². The molecule has 4 aromatic rings. The van der Waals surface area contributed by atoms with E-state index in [0.29, 0.717) is 23.8 Å². The van der Waals surface area contributed by atoms with Crippen molar-refractivity contribution >= 4 is 80.7 Å². The van der Waals surface area contributed by atoms with Gasteiger partial charge in [0.15, 0.2) is 0 Å². The van der Waals surface area contributed by atoms with E-state index < -0.39 is 15.9 Å². The number of benzene rings is 3. The van der Waals surface area contributed by atoms with Crippen LogP contribution in [0, 0.1) is 0 Å². The molecule has 11 heteroatoms. The molecule has 0 spiro atoms. The smallest absolute Gasteiger partial charge is 0.267 e. The zero-order valence-electron chi connectivity index (χ0n) is 20.8. The van der Waals surface area contributed by atoms with Crippen LogP contribution >= 0.6 is 43.2 Å². The third-order valence-electron chi connectivity index (χ3n) is 5.59. The van der Waals surface area contributed by atoms with Crippen molar-refractivity contribution in [3.63, 3.8) is 0 Å². The average molecular weight is 678 g/mol. The van der Waals surface area contributed by atoms with Gasteiger partial charge in [-0.05, 0) is 73.0 Å². The second kappa shape index (κ2) is 12.6. The van der Waals surface area contributed by atoms with E-state index in [2.05, 4.69) is 41.9 Å². The summed E-state index contributed by atoms with van der Waals surface area (Å²) in [6, 6.07) is 19.3. The number of halogens is 2. The number of thiazole rings is 1. The summed E-state index contributed by atoms with van der Waals surface area (Å²) in [7, 11) is -3.65. The van der Waals surface area contributed by atoms with Crippen LogP contribution in [0.5, 0.6) is 0 Å². The van der Waals surface area contributed by atoms with E-state index in [-0.39, 0.29) is 4.90 Å². The highest BCUT2D eigenvalue weighted by atomic mass is 79.9. The molecule has 0 aliphatic carbocycles. The third kappa shape index (κ3) is 6.58. The number of hydrogen-bond donors (Lipinski definition) is 0. The number of nitrogens with zero attached hydrogens (tertiary/aromatic N) is 4. The number of sulfonamides is 1. The minimum absolute atomic E-state index is 0.158. The number of rotatable bonds is 10. The van der Waals surface area contributed by atoms with Crippen molar-refractivity contribution in [2.45, 2.75) is 31.6 Å². The Balaban J connectivity index is 1.69. The van der Waals surface area contributed by atoms with Crippen LogP contribution in [0.3, 0.4) is 0 Å². The number of aromatic nitrogens is 1. The quantitative estimate of drug-likeness (QED) is 0.130. The molecule has 1 aromatic heterocycles. The third-order valence-corrected chi connectivity index (χ3v) is 9.52. The van der Waals surface area contributed by atoms with Crippen LogP contribution < -0.4 is 5.01 Å². The maximum absolute atomic E-state index is 13.7. The molecule has 0 radical (unpaired) electrons. The van der Waals surface area contributed by atoms with Gasteiger partial charge in [0.25, 0.3) is 5.91 Å². The van der Waals surface area contributed by atoms with E-state index >= 15 is 0 Å². The summed E-state index contributed by atoms with van der Waals surface area (Å²) in [6.07, 6.45) is 3.04. The van der Waals surface area contributed by atoms with Gasteiger partial charge in [-0.3, -0.25) is 4.79 Å². The van der Waals surface area contributed by atoms with Crippen LogP contribution in [-0.4, -0.2) is 42.9 Å². The topological polar surface area (TPSA) is 82.9 Å². The monoisotopic (exact) mass is 676 g/mol. The molecule has 0 fully saturated rings. The molecule has 38 heavy (non-hydrogen) atoms. The van der Waals surface area contributed by atoms with Crippen molar-refractivity contribution in [2.24, 2.45) is 5.10 Å². The first-order valence-corrected chi connectivity index (χ1v) is 15.9. The molecule has 0 saturated heterocycles. The first-order valence-electron chi connectivity index (χ1n) is 12.0. The zero-order valence-corrected chi connectivity index (χ0v) is 25.6. The van der Waals surface area contributed by atoms with Crippen LogP contribution in [0.1, 0.15) is 42.6 Å². The Morgan fingerprint density at radius 3 is 2.21 bits per heavy atom. The Morgan fingerprint density at radius 2 is 1.58 bits per heavy atom. The van der Waals surface area contributed by atoms with Gasteiger partial charge in [0, 0.05) is 27.6 Å². The predicted molar refractivity (Wildman–Crippen MR) is 162 cm³/mol. The summed E-state index contributed by atoms with van der Waals surface area (Å²) in [4.78, 5) is 18.5. The molecule has 7 nitrogen and oxygen atoms in total. The van der Waals surface area contributed by atoms with Crippen molar-refractivity contribution < 1.29 is 13.2 Å². The molecule has 0 N–H and O–H groups in total. The number of hydrogen-bond acceptors (Lipinski definition) is 6. The molecule has 1 amide bonds. The maximum atomic E-state index is 13.7. The molecule has 0 bridgehead atoms. The Morgan fingerprint density at radius 1 is 0.947 bits per heavy atom. The maximum Gasteiger partial charge on any atom is 0.280 e. The molecule has 0 saturated carbocycles. The van der Waals surface area contributed by atoms with Gasteiger partial charge in [-0.2, -0.15) is 14.4 Å². The Labute approximate surface area is 243 Å². The second-order valence-electron chi connectivity index (χ2n) is 8.45. The fraction of sp³-hybridized carbons (Fsp3) is 0.222. The van der Waals surface area contributed by atoms with Gasteiger partial charge in [-0.25, -0.2) is 13.4 Å². The molecular formula is C27H26Br2N4O3S2. The highest BCUT2D eigenvalue weighted by molar-refractivity contribution is 9.10. The van der Waals surface area contributed by atoms with E-state index in [4.69, 9.17) is 0 Å². The number of carbonyl (C=O) groups excluding carboxylic acids is 1. The van der Waals surface area contributed by atoms with Crippen molar-refractivity contribution in [2.75, 3.05) is 18.1 Å². The van der Waals surface area contributed by atoms with Crippen LogP contribution in [-0.2, 0) is 10.0 Å². The lowest BCUT2D eigenvalue weighted by molar-refractivity contribution is 0.0987. The van der Waals surface area contributed by atoms with Gasteiger partial charge in [-0.1, -0.05) is 69.2 Å². The summed E-state index contributed by atoms with van der Waals surface area (Å²) < 4.78 is 30.5. The standard InChI is InChI=1S/C27H26Br2N4O3S2/c1-3-15-32(16-4-2)38(35,36)23-12-7-20(8-13-23)26(34)33(30-18-19-5-9-21(28)10-6-19)27-31-24-14-11-22(29)17-25(24)37-27/h5-14,17-18H,3-4,15-16H2,1-2H3/b30-18+. The Kier molecular flexibility index (Phi) is 9.48. The second-order valence-corrected chi connectivity index (χ2v) is 13.2. The minimum Gasteiger partial charge on any atom is -0.267 e. The molecule has 0 atom stereocenters. The largest absolute Gasteiger partial charge is 0.280 e. The van der Waals surface area contributed by atoms with Gasteiger partial charge in [0.1, 0.15) is 0 Å². The highest BCUT2D eigenvalue weighted by Gasteiger charge is 2.25. The lowest BCUT2D eigenvalue weighted by atomic mass is 10.2. The van der Waals surface area contributed by atoms with E-state index in [9.17, 15) is 13.2 Å². The molecule has 0 aliphatic rings. The summed E-state index contributed by atoms with van der Waals surface area (Å²) in [5.74, 6) is -0.417. The SMILES string of the molecule is CCCN(CCC)S(=O)(=O)c1ccc(C(=O)N(/N=C/c2ccc(Br)cc2)c2nc3ccc(Br)cc3s2)cc1. The van der Waals surface area contributed by atoms with E-state index in [0.717, 1.165) is 37.6 Å². The summed E-state index contributed by atoms with van der Waals surface area (Å²) in [5.41, 5.74) is 1.86. The minimum atomic E-state index is -3.65. The molecule has 3 aromatic carbocycles. The van der Waals surface area contributed by atoms with Crippen molar-refractivity contribution in [1.82, 2.24) is 9.29 Å². The molecular weight excluding hydrogens is 652 g/mol. The molecule has 0 aliphatic heterocycles. The van der Waals surface area contributed by atoms with E-state index in [1.807, 2.05) is 56.3 Å². The molecule has 4 rings (SSSR count). The van der Waals surface area contributed by atoms with Crippen molar-refractivity contribution in [3.8, 4) is 0 Å². The first-order chi connectivity index (χ1) is 18.2. The van der Waals surface area contributed by atoms with Gasteiger partial charge in [0.05, 0.1) is 21.3 Å². The van der Waals surface area contributed by atoms with Crippen LogP contribution in [0.4, 0.5) is 5.13 Å². The summed E-state index contributed by atoms with van der Waals surface area (Å²) in [6.45, 7) is 4.79. The number of fused-ring (bicyclic) bond motifs is 1. The number of amides is 1. The molecule has 1 heterocycles.